The van der Waals surface area contributed by atoms with E-state index in [1.165, 1.54) is 12.1 Å². The Balaban J connectivity index is 1.82. The number of thiazole rings is 1. The van der Waals surface area contributed by atoms with Gasteiger partial charge in [-0.25, -0.2) is 14.2 Å². The molecule has 0 atom stereocenters. The lowest BCUT2D eigenvalue weighted by molar-refractivity contribution is 0.0701. The molecule has 3 aromatic rings. The molecule has 128 valence electrons. The number of hydrogen-bond acceptors (Lipinski definition) is 4. The Bertz CT molecular complexity index is 922. The molecule has 0 fully saturated rings. The van der Waals surface area contributed by atoms with Crippen LogP contribution in [-0.4, -0.2) is 16.1 Å². The average Bonchev–Trinajstić information content (AvgIpc) is 2.97. The first-order valence-electron chi connectivity index (χ1n) is 7.32. The number of carbonyl (C=O) groups is 1. The van der Waals surface area contributed by atoms with Crippen LogP contribution in [0, 0.1) is 12.7 Å². The van der Waals surface area contributed by atoms with Crippen molar-refractivity contribution in [1.29, 1.82) is 0 Å². The normalized spacial score (nSPS) is 10.7. The van der Waals surface area contributed by atoms with E-state index in [0.717, 1.165) is 16.9 Å². The van der Waals surface area contributed by atoms with Gasteiger partial charge in [-0.2, -0.15) is 0 Å². The molecule has 0 saturated heterocycles. The molecule has 0 aliphatic carbocycles. The molecule has 0 unspecified atom stereocenters. The second-order valence-corrected chi connectivity index (χ2v) is 6.66. The average molecular weight is 378 g/mol. The van der Waals surface area contributed by atoms with Crippen molar-refractivity contribution in [1.82, 2.24) is 4.98 Å². The SMILES string of the molecule is Cc1nc(-c2cccc(OCc3c(F)cccc3Cl)c2)sc1C(=O)O. The molecule has 0 spiro atoms. The molecular weight excluding hydrogens is 365 g/mol. The summed E-state index contributed by atoms with van der Waals surface area (Å²) in [5.41, 5.74) is 1.49. The maximum absolute atomic E-state index is 13.8. The predicted molar refractivity (Wildman–Crippen MR) is 95.0 cm³/mol. The van der Waals surface area contributed by atoms with Crippen molar-refractivity contribution < 1.29 is 19.0 Å². The van der Waals surface area contributed by atoms with Gasteiger partial charge in [-0.05, 0) is 31.2 Å². The van der Waals surface area contributed by atoms with Crippen molar-refractivity contribution in [2.75, 3.05) is 0 Å². The Kier molecular flexibility index (Phi) is 5.01. The second kappa shape index (κ2) is 7.21. The summed E-state index contributed by atoms with van der Waals surface area (Å²) in [4.78, 5) is 15.7. The van der Waals surface area contributed by atoms with Crippen molar-refractivity contribution in [3.05, 3.63) is 69.4 Å². The van der Waals surface area contributed by atoms with Gasteiger partial charge in [-0.15, -0.1) is 11.3 Å². The van der Waals surface area contributed by atoms with Crippen molar-refractivity contribution in [2.45, 2.75) is 13.5 Å². The Morgan fingerprint density at radius 2 is 2.08 bits per heavy atom. The predicted octanol–water partition coefficient (Wildman–Crippen LogP) is 5.19. The Morgan fingerprint density at radius 1 is 1.32 bits per heavy atom. The molecule has 1 heterocycles. The standard InChI is InChI=1S/C18H13ClFNO3S/c1-10-16(18(22)23)25-17(21-10)11-4-2-5-12(8-11)24-9-13-14(19)6-3-7-15(13)20/h2-8H,9H2,1H3,(H,22,23). The van der Waals surface area contributed by atoms with E-state index in [1.807, 2.05) is 6.07 Å². The van der Waals surface area contributed by atoms with Crippen LogP contribution in [0.3, 0.4) is 0 Å². The maximum Gasteiger partial charge on any atom is 0.347 e. The summed E-state index contributed by atoms with van der Waals surface area (Å²) < 4.78 is 19.4. The molecule has 0 saturated carbocycles. The molecule has 0 amide bonds. The van der Waals surface area contributed by atoms with Crippen LogP contribution in [0.25, 0.3) is 10.6 Å². The highest BCUT2D eigenvalue weighted by Gasteiger charge is 2.15. The number of rotatable bonds is 5. The summed E-state index contributed by atoms with van der Waals surface area (Å²) in [7, 11) is 0. The first kappa shape index (κ1) is 17.4. The van der Waals surface area contributed by atoms with Crippen LogP contribution >= 0.6 is 22.9 Å². The van der Waals surface area contributed by atoms with E-state index in [-0.39, 0.29) is 17.0 Å². The van der Waals surface area contributed by atoms with Gasteiger partial charge in [0.05, 0.1) is 10.7 Å². The van der Waals surface area contributed by atoms with Gasteiger partial charge in [-0.1, -0.05) is 29.8 Å². The highest BCUT2D eigenvalue weighted by atomic mass is 35.5. The van der Waals surface area contributed by atoms with Crippen molar-refractivity contribution in [2.24, 2.45) is 0 Å². The van der Waals surface area contributed by atoms with E-state index in [2.05, 4.69) is 4.98 Å². The molecule has 0 radical (unpaired) electrons. The highest BCUT2D eigenvalue weighted by Crippen LogP contribution is 2.30. The van der Waals surface area contributed by atoms with E-state index in [0.29, 0.717) is 21.5 Å². The number of halogens is 2. The van der Waals surface area contributed by atoms with E-state index in [4.69, 9.17) is 21.4 Å². The first-order valence-corrected chi connectivity index (χ1v) is 8.52. The summed E-state index contributed by atoms with van der Waals surface area (Å²) >= 11 is 7.09. The third kappa shape index (κ3) is 3.81. The molecule has 1 aromatic heterocycles. The topological polar surface area (TPSA) is 59.4 Å². The van der Waals surface area contributed by atoms with E-state index in [1.54, 1.807) is 31.2 Å². The molecular formula is C18H13ClFNO3S. The molecule has 0 aliphatic heterocycles. The maximum atomic E-state index is 13.8. The van der Waals surface area contributed by atoms with Gasteiger partial charge in [-0.3, -0.25) is 0 Å². The van der Waals surface area contributed by atoms with Gasteiger partial charge in [0.1, 0.15) is 28.1 Å². The molecule has 0 bridgehead atoms. The van der Waals surface area contributed by atoms with Crippen LogP contribution in [0.4, 0.5) is 4.39 Å². The van der Waals surface area contributed by atoms with E-state index < -0.39 is 11.8 Å². The van der Waals surface area contributed by atoms with Crippen LogP contribution in [0.5, 0.6) is 5.75 Å². The number of nitrogens with zero attached hydrogens (tertiary/aromatic N) is 1. The lowest BCUT2D eigenvalue weighted by Gasteiger charge is -2.09. The third-order valence-corrected chi connectivity index (χ3v) is 5.07. The minimum atomic E-state index is -0.997. The smallest absolute Gasteiger partial charge is 0.347 e. The summed E-state index contributed by atoms with van der Waals surface area (Å²) in [6.07, 6.45) is 0. The van der Waals surface area contributed by atoms with Gasteiger partial charge >= 0.3 is 5.97 Å². The van der Waals surface area contributed by atoms with Crippen LogP contribution < -0.4 is 4.74 Å². The van der Waals surface area contributed by atoms with Crippen LogP contribution in [-0.2, 0) is 6.61 Å². The van der Waals surface area contributed by atoms with E-state index in [9.17, 15) is 9.18 Å². The molecule has 4 nitrogen and oxygen atoms in total. The lowest BCUT2D eigenvalue weighted by atomic mass is 10.2. The molecule has 25 heavy (non-hydrogen) atoms. The zero-order valence-electron chi connectivity index (χ0n) is 13.1. The summed E-state index contributed by atoms with van der Waals surface area (Å²) in [6, 6.07) is 11.5. The third-order valence-electron chi connectivity index (χ3n) is 3.52. The number of aromatic carboxylic acids is 1. The quantitative estimate of drug-likeness (QED) is 0.664. The van der Waals surface area contributed by atoms with Crippen LogP contribution in [0.1, 0.15) is 20.9 Å². The lowest BCUT2D eigenvalue weighted by Crippen LogP contribution is -1.99. The van der Waals surface area contributed by atoms with Crippen molar-refractivity contribution >= 4 is 28.9 Å². The highest BCUT2D eigenvalue weighted by molar-refractivity contribution is 7.17. The summed E-state index contributed by atoms with van der Waals surface area (Å²) in [5, 5.41) is 10.0. The minimum Gasteiger partial charge on any atom is -0.489 e. The Labute approximate surface area is 152 Å². The Morgan fingerprint density at radius 3 is 2.76 bits per heavy atom. The zero-order valence-corrected chi connectivity index (χ0v) is 14.7. The minimum absolute atomic E-state index is 0.00771. The number of aromatic nitrogens is 1. The fraction of sp³-hybridized carbons (Fsp3) is 0.111. The molecule has 7 heteroatoms. The van der Waals surface area contributed by atoms with Gasteiger partial charge < -0.3 is 9.84 Å². The number of carboxylic acids is 1. The Hall–Kier alpha value is -2.44. The first-order chi connectivity index (χ1) is 12.0. The van der Waals surface area contributed by atoms with E-state index >= 15 is 0 Å². The van der Waals surface area contributed by atoms with Crippen LogP contribution in [0.15, 0.2) is 42.5 Å². The number of aryl methyl sites for hydroxylation is 1. The number of hydrogen-bond donors (Lipinski definition) is 1. The largest absolute Gasteiger partial charge is 0.489 e. The molecule has 0 aliphatic rings. The zero-order chi connectivity index (χ0) is 18.0. The van der Waals surface area contributed by atoms with Gasteiger partial charge in [0.15, 0.2) is 0 Å². The van der Waals surface area contributed by atoms with Gasteiger partial charge in [0, 0.05) is 11.1 Å². The summed E-state index contributed by atoms with van der Waals surface area (Å²) in [6.45, 7) is 1.65. The van der Waals surface area contributed by atoms with Gasteiger partial charge in [0.25, 0.3) is 0 Å². The van der Waals surface area contributed by atoms with Gasteiger partial charge in [0.2, 0.25) is 0 Å². The second-order valence-electron chi connectivity index (χ2n) is 5.26. The summed E-state index contributed by atoms with van der Waals surface area (Å²) in [5.74, 6) is -0.908. The molecule has 3 rings (SSSR count). The molecule has 2 aromatic carbocycles. The number of benzene rings is 2. The monoisotopic (exact) mass is 377 g/mol. The number of carboxylic acid groups (broad SMARTS) is 1. The fourth-order valence-electron chi connectivity index (χ4n) is 2.26. The molecule has 1 N–H and O–H groups in total. The van der Waals surface area contributed by atoms with Crippen molar-refractivity contribution in [3.63, 3.8) is 0 Å². The van der Waals surface area contributed by atoms with Crippen molar-refractivity contribution in [3.8, 4) is 16.3 Å². The van der Waals surface area contributed by atoms with Crippen LogP contribution in [0.2, 0.25) is 5.02 Å². The fourth-order valence-corrected chi connectivity index (χ4v) is 3.38. The number of ether oxygens (including phenoxy) is 1.